The lowest BCUT2D eigenvalue weighted by atomic mass is 10.0. The molecule has 0 unspecified atom stereocenters. The van der Waals surface area contributed by atoms with E-state index in [1.165, 1.54) is 38.5 Å². The molecule has 2 nitrogen and oxygen atoms in total. The third-order valence-electron chi connectivity index (χ3n) is 1.91. The van der Waals surface area contributed by atoms with E-state index in [9.17, 15) is 0 Å². The molecule has 0 spiro atoms. The number of epoxide rings is 2. The van der Waals surface area contributed by atoms with Crippen molar-refractivity contribution in [2.24, 2.45) is 0 Å². The van der Waals surface area contributed by atoms with Crippen LogP contribution in [0.5, 0.6) is 0 Å². The first-order valence-electron chi connectivity index (χ1n) is 5.15. The standard InChI is InChI=1S/C6H12.2C2H4O/c1-2-4-6-5-3-1;2*1-2-3-1/h1-6H2;2*1-2H2. The van der Waals surface area contributed by atoms with E-state index in [2.05, 4.69) is 9.47 Å². The molecule has 0 aromatic carbocycles. The van der Waals surface area contributed by atoms with Crippen molar-refractivity contribution >= 4 is 0 Å². The Morgan fingerprint density at radius 1 is 0.417 bits per heavy atom. The van der Waals surface area contributed by atoms with Gasteiger partial charge in [0.1, 0.15) is 0 Å². The van der Waals surface area contributed by atoms with Gasteiger partial charge in [0, 0.05) is 0 Å². The number of ether oxygens (including phenoxy) is 2. The van der Waals surface area contributed by atoms with E-state index in [1.807, 2.05) is 0 Å². The van der Waals surface area contributed by atoms with E-state index in [4.69, 9.17) is 0 Å². The molecule has 0 aromatic heterocycles. The van der Waals surface area contributed by atoms with Crippen molar-refractivity contribution in [2.45, 2.75) is 38.5 Å². The zero-order chi connectivity index (χ0) is 8.49. The lowest BCUT2D eigenvalue weighted by Gasteiger charge is -2.05. The van der Waals surface area contributed by atoms with Crippen molar-refractivity contribution in [1.82, 2.24) is 0 Å². The molecule has 3 aliphatic rings. The summed E-state index contributed by atoms with van der Waals surface area (Å²) in [5.74, 6) is 0. The summed E-state index contributed by atoms with van der Waals surface area (Å²) in [5.41, 5.74) is 0. The van der Waals surface area contributed by atoms with E-state index in [0.29, 0.717) is 0 Å². The Bertz CT molecular complexity index is 62.8. The van der Waals surface area contributed by atoms with Gasteiger partial charge in [-0.1, -0.05) is 38.5 Å². The zero-order valence-electron chi connectivity index (χ0n) is 7.89. The Labute approximate surface area is 75.2 Å². The summed E-state index contributed by atoms with van der Waals surface area (Å²) in [6.45, 7) is 4.00. The third kappa shape index (κ3) is 12.6. The summed E-state index contributed by atoms with van der Waals surface area (Å²) in [6.07, 6.45) is 9.00. The summed E-state index contributed by atoms with van der Waals surface area (Å²) in [4.78, 5) is 0. The maximum Gasteiger partial charge on any atom is 0.0701 e. The second kappa shape index (κ2) is 7.56. The van der Waals surface area contributed by atoms with Gasteiger partial charge in [-0.3, -0.25) is 0 Å². The highest BCUT2D eigenvalue weighted by Gasteiger charge is 1.95. The van der Waals surface area contributed by atoms with Gasteiger partial charge in [0.2, 0.25) is 0 Å². The van der Waals surface area contributed by atoms with Crippen LogP contribution in [0.25, 0.3) is 0 Å². The number of hydrogen-bond donors (Lipinski definition) is 0. The molecule has 1 aliphatic carbocycles. The molecule has 2 heteroatoms. The molecule has 0 atom stereocenters. The topological polar surface area (TPSA) is 25.1 Å². The molecule has 0 aromatic rings. The lowest BCUT2D eigenvalue weighted by molar-refractivity contribution is 0.475. The SMILES string of the molecule is C1CCCCC1.C1CO1.C1CO1. The molecule has 0 amide bonds. The highest BCUT2D eigenvalue weighted by molar-refractivity contribution is 4.51. The van der Waals surface area contributed by atoms with Crippen LogP contribution < -0.4 is 0 Å². The summed E-state index contributed by atoms with van der Waals surface area (Å²) in [6, 6.07) is 0. The fraction of sp³-hybridized carbons (Fsp3) is 1.00. The molecular formula is C10H20O2. The second-order valence-corrected chi connectivity index (χ2v) is 3.35. The van der Waals surface area contributed by atoms with Gasteiger partial charge in [-0.05, 0) is 0 Å². The number of hydrogen-bond acceptors (Lipinski definition) is 2. The Balaban J connectivity index is 0.0000001000. The molecule has 2 heterocycles. The molecule has 1 saturated carbocycles. The summed E-state index contributed by atoms with van der Waals surface area (Å²) < 4.78 is 9.00. The van der Waals surface area contributed by atoms with E-state index in [-0.39, 0.29) is 0 Å². The van der Waals surface area contributed by atoms with Gasteiger partial charge >= 0.3 is 0 Å². The quantitative estimate of drug-likeness (QED) is 0.524. The van der Waals surface area contributed by atoms with Crippen molar-refractivity contribution < 1.29 is 9.47 Å². The van der Waals surface area contributed by atoms with Crippen LogP contribution in [0.15, 0.2) is 0 Å². The fourth-order valence-corrected chi connectivity index (χ4v) is 1.06. The van der Waals surface area contributed by atoms with Crippen molar-refractivity contribution in [3.8, 4) is 0 Å². The Hall–Kier alpha value is -0.0800. The van der Waals surface area contributed by atoms with E-state index >= 15 is 0 Å². The molecule has 2 aliphatic heterocycles. The molecule has 0 N–H and O–H groups in total. The first-order chi connectivity index (χ1) is 6.00. The van der Waals surface area contributed by atoms with E-state index < -0.39 is 0 Å². The highest BCUT2D eigenvalue weighted by atomic mass is 16.6. The van der Waals surface area contributed by atoms with Crippen LogP contribution in [-0.2, 0) is 9.47 Å². The number of rotatable bonds is 0. The van der Waals surface area contributed by atoms with Gasteiger partial charge in [0.25, 0.3) is 0 Å². The minimum Gasteiger partial charge on any atom is -0.377 e. The van der Waals surface area contributed by atoms with Crippen LogP contribution in [0.3, 0.4) is 0 Å². The molecule has 72 valence electrons. The summed E-state index contributed by atoms with van der Waals surface area (Å²) in [7, 11) is 0. The van der Waals surface area contributed by atoms with Crippen molar-refractivity contribution in [3.05, 3.63) is 0 Å². The van der Waals surface area contributed by atoms with Crippen LogP contribution in [-0.4, -0.2) is 26.4 Å². The van der Waals surface area contributed by atoms with Crippen LogP contribution in [0, 0.1) is 0 Å². The van der Waals surface area contributed by atoms with Crippen molar-refractivity contribution in [1.29, 1.82) is 0 Å². The molecular weight excluding hydrogens is 152 g/mol. The molecule has 0 bridgehead atoms. The predicted molar refractivity (Wildman–Crippen MR) is 49.3 cm³/mol. The monoisotopic (exact) mass is 172 g/mol. The van der Waals surface area contributed by atoms with Crippen LogP contribution in [0.2, 0.25) is 0 Å². The first kappa shape index (κ1) is 10.0. The molecule has 3 fully saturated rings. The average molecular weight is 172 g/mol. The smallest absolute Gasteiger partial charge is 0.0701 e. The van der Waals surface area contributed by atoms with Crippen LogP contribution in [0.1, 0.15) is 38.5 Å². The maximum atomic E-state index is 4.50. The predicted octanol–water partition coefficient (Wildman–Crippen LogP) is 2.37. The Kier molecular flexibility index (Phi) is 6.30. The third-order valence-corrected chi connectivity index (χ3v) is 1.91. The molecule has 2 saturated heterocycles. The van der Waals surface area contributed by atoms with Gasteiger partial charge < -0.3 is 9.47 Å². The highest BCUT2D eigenvalue weighted by Crippen LogP contribution is 2.15. The fourth-order valence-electron chi connectivity index (χ4n) is 1.06. The Morgan fingerprint density at radius 3 is 0.667 bits per heavy atom. The normalized spacial score (nSPS) is 24.0. The molecule has 12 heavy (non-hydrogen) atoms. The van der Waals surface area contributed by atoms with Gasteiger partial charge in [0.05, 0.1) is 26.4 Å². The van der Waals surface area contributed by atoms with Gasteiger partial charge in [-0.25, -0.2) is 0 Å². The second-order valence-electron chi connectivity index (χ2n) is 3.35. The zero-order valence-corrected chi connectivity index (χ0v) is 7.89. The average Bonchev–Trinajstić information content (AvgIpc) is 2.93. The maximum absolute atomic E-state index is 4.50. The minimum atomic E-state index is 1.00. The largest absolute Gasteiger partial charge is 0.377 e. The van der Waals surface area contributed by atoms with Gasteiger partial charge in [0.15, 0.2) is 0 Å². The van der Waals surface area contributed by atoms with Crippen molar-refractivity contribution in [2.75, 3.05) is 26.4 Å². The first-order valence-corrected chi connectivity index (χ1v) is 5.15. The summed E-state index contributed by atoms with van der Waals surface area (Å²) in [5, 5.41) is 0. The summed E-state index contributed by atoms with van der Waals surface area (Å²) >= 11 is 0. The Morgan fingerprint density at radius 2 is 0.583 bits per heavy atom. The van der Waals surface area contributed by atoms with Crippen LogP contribution >= 0.6 is 0 Å². The lowest BCUT2D eigenvalue weighted by Crippen LogP contribution is -1.85. The van der Waals surface area contributed by atoms with E-state index in [1.54, 1.807) is 0 Å². The minimum absolute atomic E-state index is 1.00. The van der Waals surface area contributed by atoms with E-state index in [0.717, 1.165) is 26.4 Å². The van der Waals surface area contributed by atoms with Crippen molar-refractivity contribution in [3.63, 3.8) is 0 Å². The van der Waals surface area contributed by atoms with Gasteiger partial charge in [-0.15, -0.1) is 0 Å². The van der Waals surface area contributed by atoms with Crippen LogP contribution in [0.4, 0.5) is 0 Å². The van der Waals surface area contributed by atoms with Gasteiger partial charge in [-0.2, -0.15) is 0 Å². The molecule has 3 rings (SSSR count). The molecule has 0 radical (unpaired) electrons.